The number of thiazole rings is 1. The van der Waals surface area contributed by atoms with Gasteiger partial charge in [-0.3, -0.25) is 14.7 Å². The third kappa shape index (κ3) is 5.81. The average molecular weight is 514 g/mol. The van der Waals surface area contributed by atoms with Gasteiger partial charge in [0.2, 0.25) is 5.91 Å². The van der Waals surface area contributed by atoms with E-state index >= 15 is 0 Å². The summed E-state index contributed by atoms with van der Waals surface area (Å²) < 4.78 is 26.3. The van der Waals surface area contributed by atoms with Crippen LogP contribution in [-0.4, -0.2) is 30.0 Å². The van der Waals surface area contributed by atoms with Crippen LogP contribution < -0.4 is 4.90 Å². The standard InChI is InChI=1S/C25H24ClN3O3S2/c1-2-18-5-10-22-23(16-18)33-25(28-22)29(17-19-11-13-27-14-12-19)24(30)4-3-15-34(31,32)21-8-6-20(26)7-9-21/h5-14,16H,2-4,15,17H2,1H3. The van der Waals surface area contributed by atoms with Crippen LogP contribution in [-0.2, 0) is 27.6 Å². The van der Waals surface area contributed by atoms with Gasteiger partial charge < -0.3 is 0 Å². The highest BCUT2D eigenvalue weighted by Crippen LogP contribution is 2.31. The fourth-order valence-corrected chi connectivity index (χ4v) is 6.02. The molecular formula is C25H24ClN3O3S2. The van der Waals surface area contributed by atoms with Gasteiger partial charge in [-0.25, -0.2) is 13.4 Å². The predicted molar refractivity (Wildman–Crippen MR) is 137 cm³/mol. The normalized spacial score (nSPS) is 11.6. The molecule has 0 aliphatic heterocycles. The average Bonchev–Trinajstić information content (AvgIpc) is 3.26. The Hall–Kier alpha value is -2.81. The van der Waals surface area contributed by atoms with Gasteiger partial charge in [-0.1, -0.05) is 35.9 Å². The van der Waals surface area contributed by atoms with Gasteiger partial charge in [0, 0.05) is 23.8 Å². The lowest BCUT2D eigenvalue weighted by Crippen LogP contribution is -2.30. The molecule has 0 bridgehead atoms. The molecule has 0 atom stereocenters. The number of halogens is 1. The van der Waals surface area contributed by atoms with Crippen LogP contribution in [0.2, 0.25) is 5.02 Å². The van der Waals surface area contributed by atoms with Crippen molar-refractivity contribution in [3.05, 3.63) is 83.1 Å². The fourth-order valence-electron chi connectivity index (χ4n) is 3.53. The maximum Gasteiger partial charge on any atom is 0.229 e. The second-order valence-electron chi connectivity index (χ2n) is 7.86. The van der Waals surface area contributed by atoms with E-state index in [0.717, 1.165) is 22.2 Å². The number of rotatable bonds is 9. The predicted octanol–water partition coefficient (Wildman–Crippen LogP) is 5.69. The Morgan fingerprint density at radius 2 is 1.76 bits per heavy atom. The zero-order valence-corrected chi connectivity index (χ0v) is 21.0. The van der Waals surface area contributed by atoms with E-state index < -0.39 is 9.84 Å². The van der Waals surface area contributed by atoms with Crippen LogP contribution in [0.5, 0.6) is 0 Å². The molecule has 0 aliphatic carbocycles. The zero-order chi connectivity index (χ0) is 24.1. The number of pyridine rings is 1. The minimum absolute atomic E-state index is 0.0913. The molecule has 0 aliphatic rings. The topological polar surface area (TPSA) is 80.2 Å². The Balaban J connectivity index is 1.53. The van der Waals surface area contributed by atoms with Crippen molar-refractivity contribution < 1.29 is 13.2 Å². The number of sulfone groups is 1. The first-order valence-electron chi connectivity index (χ1n) is 10.9. The minimum atomic E-state index is -3.50. The molecule has 34 heavy (non-hydrogen) atoms. The summed E-state index contributed by atoms with van der Waals surface area (Å²) in [6, 6.07) is 15.9. The number of nitrogens with zero attached hydrogens (tertiary/aromatic N) is 3. The van der Waals surface area contributed by atoms with Crippen molar-refractivity contribution in [3.8, 4) is 0 Å². The van der Waals surface area contributed by atoms with Crippen molar-refractivity contribution >= 4 is 54.0 Å². The van der Waals surface area contributed by atoms with E-state index in [1.54, 1.807) is 29.4 Å². The first kappa shape index (κ1) is 24.3. The number of hydrogen-bond donors (Lipinski definition) is 0. The first-order chi connectivity index (χ1) is 16.4. The molecule has 0 N–H and O–H groups in total. The van der Waals surface area contributed by atoms with Gasteiger partial charge in [0.25, 0.3) is 0 Å². The molecule has 0 unspecified atom stereocenters. The van der Waals surface area contributed by atoms with Crippen LogP contribution >= 0.6 is 22.9 Å². The van der Waals surface area contributed by atoms with Gasteiger partial charge in [0.1, 0.15) is 0 Å². The molecule has 4 rings (SSSR count). The lowest BCUT2D eigenvalue weighted by molar-refractivity contribution is -0.118. The first-order valence-corrected chi connectivity index (χ1v) is 13.8. The lowest BCUT2D eigenvalue weighted by atomic mass is 10.2. The molecule has 2 aromatic heterocycles. The summed E-state index contributed by atoms with van der Waals surface area (Å²) >= 11 is 7.33. The number of fused-ring (bicyclic) bond motifs is 1. The van der Waals surface area contributed by atoms with E-state index in [1.807, 2.05) is 24.3 Å². The molecule has 0 fully saturated rings. The number of anilines is 1. The molecule has 0 saturated carbocycles. The Bertz CT molecular complexity index is 1390. The monoisotopic (exact) mass is 513 g/mol. The Morgan fingerprint density at radius 3 is 2.47 bits per heavy atom. The van der Waals surface area contributed by atoms with E-state index in [9.17, 15) is 13.2 Å². The van der Waals surface area contributed by atoms with Gasteiger partial charge in [-0.15, -0.1) is 0 Å². The summed E-state index contributed by atoms with van der Waals surface area (Å²) in [5, 5.41) is 1.08. The molecule has 1 amide bonds. The van der Waals surface area contributed by atoms with Crippen LogP contribution in [0.15, 0.2) is 71.9 Å². The molecule has 4 aromatic rings. The van der Waals surface area contributed by atoms with Crippen LogP contribution in [0.25, 0.3) is 10.2 Å². The number of hydrogen-bond acceptors (Lipinski definition) is 6. The molecule has 2 heterocycles. The number of carbonyl (C=O) groups excluding carboxylic acids is 1. The molecule has 0 radical (unpaired) electrons. The van der Waals surface area contributed by atoms with Gasteiger partial charge in [-0.2, -0.15) is 0 Å². The molecular weight excluding hydrogens is 490 g/mol. The lowest BCUT2D eigenvalue weighted by Gasteiger charge is -2.20. The number of aryl methyl sites for hydroxylation is 1. The van der Waals surface area contributed by atoms with Crippen molar-refractivity contribution in [3.63, 3.8) is 0 Å². The van der Waals surface area contributed by atoms with Gasteiger partial charge in [0.15, 0.2) is 15.0 Å². The highest BCUT2D eigenvalue weighted by Gasteiger charge is 2.22. The third-order valence-corrected chi connectivity index (χ3v) is 8.56. The van der Waals surface area contributed by atoms with E-state index in [-0.39, 0.29) is 29.4 Å². The highest BCUT2D eigenvalue weighted by molar-refractivity contribution is 7.91. The summed E-state index contributed by atoms with van der Waals surface area (Å²) in [6.07, 6.45) is 4.59. The number of carbonyl (C=O) groups is 1. The van der Waals surface area contributed by atoms with E-state index in [1.165, 1.54) is 29.0 Å². The van der Waals surface area contributed by atoms with E-state index in [0.29, 0.717) is 16.7 Å². The molecule has 176 valence electrons. The number of benzene rings is 2. The van der Waals surface area contributed by atoms with Crippen LogP contribution in [0.1, 0.15) is 30.9 Å². The smallest absolute Gasteiger partial charge is 0.229 e. The van der Waals surface area contributed by atoms with Crippen molar-refractivity contribution in [2.45, 2.75) is 37.6 Å². The molecule has 0 spiro atoms. The summed E-state index contributed by atoms with van der Waals surface area (Å²) in [5.74, 6) is -0.290. The summed E-state index contributed by atoms with van der Waals surface area (Å²) in [4.78, 5) is 23.9. The van der Waals surface area contributed by atoms with Crippen molar-refractivity contribution in [1.82, 2.24) is 9.97 Å². The zero-order valence-electron chi connectivity index (χ0n) is 18.6. The van der Waals surface area contributed by atoms with Gasteiger partial charge in [0.05, 0.1) is 27.4 Å². The number of amides is 1. The second kappa shape index (κ2) is 10.6. The Kier molecular flexibility index (Phi) is 7.60. The SMILES string of the molecule is CCc1ccc2nc(N(Cc3ccncc3)C(=O)CCCS(=O)(=O)c3ccc(Cl)cc3)sc2c1. The van der Waals surface area contributed by atoms with Crippen molar-refractivity contribution in [2.24, 2.45) is 0 Å². The van der Waals surface area contributed by atoms with E-state index in [4.69, 9.17) is 16.6 Å². The minimum Gasteiger partial charge on any atom is -0.284 e. The van der Waals surface area contributed by atoms with Crippen LogP contribution in [0.3, 0.4) is 0 Å². The quantitative estimate of drug-likeness (QED) is 0.287. The fraction of sp³-hybridized carbons (Fsp3) is 0.240. The van der Waals surface area contributed by atoms with Crippen LogP contribution in [0, 0.1) is 0 Å². The van der Waals surface area contributed by atoms with Crippen molar-refractivity contribution in [1.29, 1.82) is 0 Å². The Labute approximate surface area is 208 Å². The van der Waals surface area contributed by atoms with Gasteiger partial charge >= 0.3 is 0 Å². The molecule has 0 saturated heterocycles. The molecule has 2 aromatic carbocycles. The summed E-state index contributed by atoms with van der Waals surface area (Å²) in [5.41, 5.74) is 2.97. The van der Waals surface area contributed by atoms with Crippen molar-refractivity contribution in [2.75, 3.05) is 10.7 Å². The molecule has 9 heteroatoms. The van der Waals surface area contributed by atoms with E-state index in [2.05, 4.69) is 18.0 Å². The largest absolute Gasteiger partial charge is 0.284 e. The summed E-state index contributed by atoms with van der Waals surface area (Å²) in [6.45, 7) is 2.44. The third-order valence-electron chi connectivity index (χ3n) is 5.45. The Morgan fingerprint density at radius 1 is 1.03 bits per heavy atom. The maximum atomic E-state index is 13.3. The summed E-state index contributed by atoms with van der Waals surface area (Å²) in [7, 11) is -3.50. The second-order valence-corrected chi connectivity index (χ2v) is 11.4. The number of aromatic nitrogens is 2. The van der Waals surface area contributed by atoms with Gasteiger partial charge in [-0.05, 0) is 72.5 Å². The van der Waals surface area contributed by atoms with Crippen LogP contribution in [0.4, 0.5) is 5.13 Å². The molecule has 6 nitrogen and oxygen atoms in total. The maximum absolute atomic E-state index is 13.3. The highest BCUT2D eigenvalue weighted by atomic mass is 35.5.